The Hall–Kier alpha value is -1.80. The smallest absolute Gasteiger partial charge is 0.224 e. The van der Waals surface area contributed by atoms with Gasteiger partial charge in [-0.05, 0) is 56.0 Å². The number of sulfonamides is 1. The van der Waals surface area contributed by atoms with E-state index in [4.69, 9.17) is 27.9 Å². The number of hydrogen-bond donors (Lipinski definition) is 1. The zero-order valence-electron chi connectivity index (χ0n) is 18.2. The number of rotatable bonds is 8. The molecule has 1 saturated heterocycles. The Morgan fingerprint density at radius 3 is 2.56 bits per heavy atom. The molecule has 1 unspecified atom stereocenters. The summed E-state index contributed by atoms with van der Waals surface area (Å²) in [4.78, 5) is 12.6. The molecule has 1 aliphatic rings. The van der Waals surface area contributed by atoms with Crippen LogP contribution in [0, 0.1) is 19.8 Å². The third-order valence-electron chi connectivity index (χ3n) is 5.75. The quantitative estimate of drug-likeness (QED) is 0.549. The van der Waals surface area contributed by atoms with E-state index in [0.717, 1.165) is 16.9 Å². The van der Waals surface area contributed by atoms with Crippen LogP contribution in [-0.4, -0.2) is 44.9 Å². The molecule has 1 atom stereocenters. The van der Waals surface area contributed by atoms with Crippen LogP contribution < -0.4 is 10.1 Å². The molecule has 32 heavy (non-hydrogen) atoms. The summed E-state index contributed by atoms with van der Waals surface area (Å²) in [5.41, 5.74) is 2.60. The molecule has 1 heterocycles. The van der Waals surface area contributed by atoms with Crippen molar-refractivity contribution in [2.75, 3.05) is 26.2 Å². The highest BCUT2D eigenvalue weighted by molar-refractivity contribution is 7.88. The monoisotopic (exact) mass is 498 g/mol. The summed E-state index contributed by atoms with van der Waals surface area (Å²) < 4.78 is 33.1. The van der Waals surface area contributed by atoms with Gasteiger partial charge in [0.2, 0.25) is 15.9 Å². The molecule has 2 aromatic carbocycles. The Balaban J connectivity index is 1.53. The highest BCUT2D eigenvalue weighted by Crippen LogP contribution is 2.29. The first-order valence-electron chi connectivity index (χ1n) is 10.6. The third-order valence-corrected chi connectivity index (χ3v) is 8.23. The summed E-state index contributed by atoms with van der Waals surface area (Å²) in [5.74, 6) is -0.0533. The van der Waals surface area contributed by atoms with Crippen molar-refractivity contribution >= 4 is 39.1 Å². The molecular formula is C23H28Cl2N2O4S. The number of ether oxygens (including phenoxy) is 1. The van der Waals surface area contributed by atoms with Gasteiger partial charge in [-0.2, -0.15) is 0 Å². The predicted molar refractivity (Wildman–Crippen MR) is 128 cm³/mol. The molecular weight excluding hydrogens is 471 g/mol. The number of carbonyl (C=O) groups is 1. The summed E-state index contributed by atoms with van der Waals surface area (Å²) in [6.07, 6.45) is 1.26. The summed E-state index contributed by atoms with van der Waals surface area (Å²) in [7, 11) is -3.66. The second-order valence-corrected chi connectivity index (χ2v) is 10.8. The molecule has 2 aromatic rings. The lowest BCUT2D eigenvalue weighted by molar-refractivity contribution is -0.126. The zero-order chi connectivity index (χ0) is 23.3. The largest absolute Gasteiger partial charge is 0.491 e. The standard InChI is InChI=1S/C23H28Cl2N2O4S/c1-16-6-3-10-22(17(16)2)31-13-11-26-23(28)18-7-5-12-27(14-18)32(29,30)15-19-20(24)8-4-9-21(19)25/h3-4,6,8-10,18H,5,7,11-15H2,1-2H3,(H,26,28). The number of nitrogens with zero attached hydrogens (tertiary/aromatic N) is 1. The van der Waals surface area contributed by atoms with Gasteiger partial charge in [-0.15, -0.1) is 0 Å². The van der Waals surface area contributed by atoms with Crippen molar-refractivity contribution in [3.05, 3.63) is 63.1 Å². The maximum Gasteiger partial charge on any atom is 0.224 e. The molecule has 1 amide bonds. The molecule has 0 saturated carbocycles. The minimum Gasteiger partial charge on any atom is -0.491 e. The van der Waals surface area contributed by atoms with E-state index in [2.05, 4.69) is 5.32 Å². The van der Waals surface area contributed by atoms with Gasteiger partial charge >= 0.3 is 0 Å². The fourth-order valence-electron chi connectivity index (χ4n) is 3.71. The molecule has 0 spiro atoms. The van der Waals surface area contributed by atoms with Gasteiger partial charge in [-0.1, -0.05) is 41.4 Å². The van der Waals surface area contributed by atoms with Gasteiger partial charge in [0.15, 0.2) is 0 Å². The van der Waals surface area contributed by atoms with Crippen molar-refractivity contribution in [3.8, 4) is 5.75 Å². The van der Waals surface area contributed by atoms with E-state index < -0.39 is 15.9 Å². The van der Waals surface area contributed by atoms with Crippen LogP contribution >= 0.6 is 23.2 Å². The topological polar surface area (TPSA) is 75.7 Å². The van der Waals surface area contributed by atoms with Gasteiger partial charge in [0.1, 0.15) is 12.4 Å². The summed E-state index contributed by atoms with van der Waals surface area (Å²) in [6, 6.07) is 10.8. The van der Waals surface area contributed by atoms with Gasteiger partial charge < -0.3 is 10.1 Å². The first-order chi connectivity index (χ1) is 15.2. The molecule has 6 nitrogen and oxygen atoms in total. The van der Waals surface area contributed by atoms with Crippen LogP contribution in [-0.2, 0) is 20.6 Å². The van der Waals surface area contributed by atoms with Crippen LogP contribution in [0.3, 0.4) is 0 Å². The van der Waals surface area contributed by atoms with Crippen LogP contribution in [0.15, 0.2) is 36.4 Å². The molecule has 1 aliphatic heterocycles. The fourth-order valence-corrected chi connectivity index (χ4v) is 6.08. The van der Waals surface area contributed by atoms with Crippen molar-refractivity contribution in [1.82, 2.24) is 9.62 Å². The van der Waals surface area contributed by atoms with Gasteiger partial charge in [-0.25, -0.2) is 12.7 Å². The van der Waals surface area contributed by atoms with E-state index in [1.807, 2.05) is 32.0 Å². The van der Waals surface area contributed by atoms with Crippen molar-refractivity contribution in [2.45, 2.75) is 32.4 Å². The molecule has 174 valence electrons. The Morgan fingerprint density at radius 2 is 1.84 bits per heavy atom. The second kappa shape index (κ2) is 10.9. The summed E-state index contributed by atoms with van der Waals surface area (Å²) in [5, 5.41) is 3.50. The average Bonchev–Trinajstić information content (AvgIpc) is 2.76. The van der Waals surface area contributed by atoms with Gasteiger partial charge in [0.25, 0.3) is 0 Å². The Kier molecular flexibility index (Phi) is 8.44. The predicted octanol–water partition coefficient (Wildman–Crippen LogP) is 4.35. The van der Waals surface area contributed by atoms with E-state index in [9.17, 15) is 13.2 Å². The molecule has 0 radical (unpaired) electrons. The lowest BCUT2D eigenvalue weighted by atomic mass is 9.99. The number of carbonyl (C=O) groups excluding carboxylic acids is 1. The highest BCUT2D eigenvalue weighted by atomic mass is 35.5. The molecule has 0 aromatic heterocycles. The van der Waals surface area contributed by atoms with Gasteiger partial charge in [0.05, 0.1) is 18.2 Å². The number of amides is 1. The van der Waals surface area contributed by atoms with E-state index in [0.29, 0.717) is 48.1 Å². The molecule has 9 heteroatoms. The van der Waals surface area contributed by atoms with Crippen molar-refractivity contribution in [2.24, 2.45) is 5.92 Å². The number of aryl methyl sites for hydroxylation is 1. The minimum absolute atomic E-state index is 0.147. The van der Waals surface area contributed by atoms with Crippen LogP contribution in [0.25, 0.3) is 0 Å². The van der Waals surface area contributed by atoms with E-state index in [-0.39, 0.29) is 18.2 Å². The number of benzene rings is 2. The third kappa shape index (κ3) is 6.16. The maximum absolute atomic E-state index is 13.0. The first kappa shape index (κ1) is 24.8. The lowest BCUT2D eigenvalue weighted by Crippen LogP contribution is -2.46. The van der Waals surface area contributed by atoms with Gasteiger partial charge in [0, 0.05) is 28.7 Å². The van der Waals surface area contributed by atoms with Crippen molar-refractivity contribution < 1.29 is 17.9 Å². The van der Waals surface area contributed by atoms with Crippen molar-refractivity contribution in [3.63, 3.8) is 0 Å². The van der Waals surface area contributed by atoms with E-state index >= 15 is 0 Å². The number of halogens is 2. The SMILES string of the molecule is Cc1cccc(OCCNC(=O)C2CCCN(S(=O)(=O)Cc3c(Cl)cccc3Cl)C2)c1C. The lowest BCUT2D eigenvalue weighted by Gasteiger charge is -2.31. The molecule has 0 bridgehead atoms. The Bertz CT molecular complexity index is 1060. The van der Waals surface area contributed by atoms with Crippen molar-refractivity contribution in [1.29, 1.82) is 0 Å². The Labute approximate surface area is 199 Å². The highest BCUT2D eigenvalue weighted by Gasteiger charge is 2.33. The first-order valence-corrected chi connectivity index (χ1v) is 12.9. The van der Waals surface area contributed by atoms with Crippen LogP contribution in [0.5, 0.6) is 5.75 Å². The molecule has 3 rings (SSSR count). The number of nitrogens with one attached hydrogen (secondary N) is 1. The molecule has 0 aliphatic carbocycles. The number of piperidine rings is 1. The summed E-state index contributed by atoms with van der Waals surface area (Å²) in [6.45, 7) is 5.24. The minimum atomic E-state index is -3.66. The Morgan fingerprint density at radius 1 is 1.16 bits per heavy atom. The normalized spacial score (nSPS) is 17.2. The fraction of sp³-hybridized carbons (Fsp3) is 0.435. The number of hydrogen-bond acceptors (Lipinski definition) is 4. The van der Waals surface area contributed by atoms with E-state index in [1.165, 1.54) is 4.31 Å². The zero-order valence-corrected chi connectivity index (χ0v) is 20.6. The average molecular weight is 499 g/mol. The van der Waals surface area contributed by atoms with E-state index in [1.54, 1.807) is 18.2 Å². The van der Waals surface area contributed by atoms with Crippen LogP contribution in [0.1, 0.15) is 29.5 Å². The molecule has 1 fully saturated rings. The maximum atomic E-state index is 13.0. The van der Waals surface area contributed by atoms with Gasteiger partial charge in [-0.3, -0.25) is 4.79 Å². The van der Waals surface area contributed by atoms with Crippen LogP contribution in [0.2, 0.25) is 10.0 Å². The second-order valence-electron chi connectivity index (χ2n) is 7.99. The summed E-state index contributed by atoms with van der Waals surface area (Å²) >= 11 is 12.3. The molecule has 1 N–H and O–H groups in total. The van der Waals surface area contributed by atoms with Crippen LogP contribution in [0.4, 0.5) is 0 Å².